The Morgan fingerprint density at radius 1 is 1.16 bits per heavy atom. The van der Waals surface area contributed by atoms with Crippen molar-refractivity contribution in [3.05, 3.63) is 91.6 Å². The fourth-order valence-electron chi connectivity index (χ4n) is 3.68. The standard InChI is InChI=1S/C22H23N5O3S/c1-22(30,19-8-3-2-7-18(19)16-10-13-31-15-16)27-17(14-23-25-27)6-4-5-11-26-12-9-20(28)24-21(26)29/h2-3,7-10,12-15,30H,4-6,11H2,1H3,(H,24,28,29)/t22-/m1/s1. The van der Waals surface area contributed by atoms with E-state index >= 15 is 0 Å². The molecule has 160 valence electrons. The van der Waals surface area contributed by atoms with E-state index in [4.69, 9.17) is 0 Å². The second-order valence-corrected chi connectivity index (χ2v) is 8.26. The minimum absolute atomic E-state index is 0.402. The lowest BCUT2D eigenvalue weighted by Crippen LogP contribution is -2.34. The number of nitrogens with zero attached hydrogens (tertiary/aromatic N) is 4. The number of aliphatic hydroxyl groups is 1. The molecule has 3 heterocycles. The van der Waals surface area contributed by atoms with Crippen LogP contribution in [0.5, 0.6) is 0 Å². The van der Waals surface area contributed by atoms with Crippen LogP contribution in [0.3, 0.4) is 0 Å². The van der Waals surface area contributed by atoms with Crippen molar-refractivity contribution in [1.82, 2.24) is 24.5 Å². The highest BCUT2D eigenvalue weighted by atomic mass is 32.1. The van der Waals surface area contributed by atoms with Crippen molar-refractivity contribution >= 4 is 11.3 Å². The van der Waals surface area contributed by atoms with Crippen LogP contribution in [0, 0.1) is 0 Å². The molecule has 0 unspecified atom stereocenters. The third-order valence-electron chi connectivity index (χ3n) is 5.28. The summed E-state index contributed by atoms with van der Waals surface area (Å²) in [5.74, 6) is 0. The topological polar surface area (TPSA) is 106 Å². The Balaban J connectivity index is 1.50. The van der Waals surface area contributed by atoms with E-state index in [1.807, 2.05) is 35.7 Å². The third kappa shape index (κ3) is 4.42. The van der Waals surface area contributed by atoms with Crippen LogP contribution in [0.4, 0.5) is 0 Å². The van der Waals surface area contributed by atoms with Crippen LogP contribution in [0.1, 0.15) is 31.0 Å². The van der Waals surface area contributed by atoms with Crippen LogP contribution >= 0.6 is 11.3 Å². The van der Waals surface area contributed by atoms with Gasteiger partial charge in [-0.3, -0.25) is 9.78 Å². The predicted molar refractivity (Wildman–Crippen MR) is 119 cm³/mol. The van der Waals surface area contributed by atoms with Crippen LogP contribution < -0.4 is 11.2 Å². The zero-order valence-electron chi connectivity index (χ0n) is 17.1. The summed E-state index contributed by atoms with van der Waals surface area (Å²) < 4.78 is 3.04. The van der Waals surface area contributed by atoms with E-state index in [9.17, 15) is 14.7 Å². The van der Waals surface area contributed by atoms with E-state index in [1.54, 1.807) is 29.1 Å². The maximum atomic E-state index is 11.8. The van der Waals surface area contributed by atoms with Crippen LogP contribution in [0.25, 0.3) is 11.1 Å². The summed E-state index contributed by atoms with van der Waals surface area (Å²) in [6.45, 7) is 2.21. The highest BCUT2D eigenvalue weighted by Gasteiger charge is 2.31. The summed E-state index contributed by atoms with van der Waals surface area (Å²) in [4.78, 5) is 25.2. The van der Waals surface area contributed by atoms with E-state index < -0.39 is 17.0 Å². The summed E-state index contributed by atoms with van der Waals surface area (Å²) in [7, 11) is 0. The van der Waals surface area contributed by atoms with Crippen molar-refractivity contribution in [2.24, 2.45) is 0 Å². The molecule has 0 aliphatic rings. The minimum Gasteiger partial charge on any atom is -0.365 e. The van der Waals surface area contributed by atoms with Crippen molar-refractivity contribution in [2.45, 2.75) is 38.5 Å². The van der Waals surface area contributed by atoms with Gasteiger partial charge in [0.15, 0.2) is 5.72 Å². The quantitative estimate of drug-likeness (QED) is 0.412. The molecule has 9 heteroatoms. The molecule has 0 aliphatic heterocycles. The van der Waals surface area contributed by atoms with Crippen molar-refractivity contribution in [3.8, 4) is 11.1 Å². The Morgan fingerprint density at radius 2 is 2.00 bits per heavy atom. The fourth-order valence-corrected chi connectivity index (χ4v) is 4.34. The lowest BCUT2D eigenvalue weighted by Gasteiger charge is -2.28. The monoisotopic (exact) mass is 437 g/mol. The molecule has 0 fully saturated rings. The van der Waals surface area contributed by atoms with Crippen LogP contribution in [0.15, 0.2) is 69.1 Å². The molecule has 0 aliphatic carbocycles. The van der Waals surface area contributed by atoms with E-state index in [0.717, 1.165) is 35.2 Å². The van der Waals surface area contributed by atoms with E-state index in [1.165, 1.54) is 16.8 Å². The van der Waals surface area contributed by atoms with Gasteiger partial charge in [0.1, 0.15) is 0 Å². The SMILES string of the molecule is C[C@@](O)(c1ccccc1-c1ccsc1)n1nncc1CCCCn1ccc(=O)[nH]c1=O. The fraction of sp³-hybridized carbons (Fsp3) is 0.273. The number of aromatic nitrogens is 5. The number of hydrogen-bond acceptors (Lipinski definition) is 6. The normalized spacial score (nSPS) is 13.2. The Kier molecular flexibility index (Phi) is 5.97. The molecule has 0 spiro atoms. The van der Waals surface area contributed by atoms with Crippen molar-refractivity contribution in [3.63, 3.8) is 0 Å². The van der Waals surface area contributed by atoms with Gasteiger partial charge in [-0.25, -0.2) is 9.48 Å². The van der Waals surface area contributed by atoms with Crippen LogP contribution in [-0.4, -0.2) is 29.7 Å². The third-order valence-corrected chi connectivity index (χ3v) is 5.96. The van der Waals surface area contributed by atoms with Gasteiger partial charge in [-0.2, -0.15) is 11.3 Å². The summed E-state index contributed by atoms with van der Waals surface area (Å²) in [5, 5.41) is 23.7. The zero-order chi connectivity index (χ0) is 21.8. The first kappa shape index (κ1) is 21.0. The van der Waals surface area contributed by atoms with Gasteiger partial charge < -0.3 is 9.67 Å². The van der Waals surface area contributed by atoms with Gasteiger partial charge in [-0.1, -0.05) is 29.5 Å². The second kappa shape index (κ2) is 8.83. The molecule has 4 rings (SSSR count). The first-order valence-electron chi connectivity index (χ1n) is 10.0. The molecule has 31 heavy (non-hydrogen) atoms. The molecule has 0 saturated carbocycles. The Bertz CT molecular complexity index is 1270. The van der Waals surface area contributed by atoms with Crippen LogP contribution in [0.2, 0.25) is 0 Å². The first-order valence-corrected chi connectivity index (χ1v) is 11.0. The minimum atomic E-state index is -1.37. The molecule has 4 aromatic rings. The predicted octanol–water partition coefficient (Wildman–Crippen LogP) is 2.59. The molecule has 8 nitrogen and oxygen atoms in total. The molecule has 0 amide bonds. The van der Waals surface area contributed by atoms with Gasteiger partial charge in [0, 0.05) is 24.4 Å². The molecular formula is C22H23N5O3S. The molecule has 0 saturated heterocycles. The number of hydrogen-bond donors (Lipinski definition) is 2. The molecule has 1 atom stereocenters. The smallest absolute Gasteiger partial charge is 0.328 e. The van der Waals surface area contributed by atoms with Crippen molar-refractivity contribution < 1.29 is 5.11 Å². The van der Waals surface area contributed by atoms with Gasteiger partial charge in [-0.05, 0) is 54.1 Å². The first-order chi connectivity index (χ1) is 15.0. The number of aromatic amines is 1. The maximum absolute atomic E-state index is 11.8. The van der Waals surface area contributed by atoms with Gasteiger partial charge in [-0.15, -0.1) is 5.10 Å². The van der Waals surface area contributed by atoms with E-state index in [2.05, 4.69) is 20.7 Å². The lowest BCUT2D eigenvalue weighted by atomic mass is 9.94. The second-order valence-electron chi connectivity index (χ2n) is 7.48. The molecule has 1 aromatic carbocycles. The molecule has 0 radical (unpaired) electrons. The Morgan fingerprint density at radius 3 is 2.77 bits per heavy atom. The lowest BCUT2D eigenvalue weighted by molar-refractivity contribution is 0.00887. The number of H-pyrrole nitrogens is 1. The highest BCUT2D eigenvalue weighted by molar-refractivity contribution is 7.08. The van der Waals surface area contributed by atoms with Gasteiger partial charge in [0.2, 0.25) is 0 Å². The Hall–Kier alpha value is -3.30. The molecular weight excluding hydrogens is 414 g/mol. The van der Waals surface area contributed by atoms with Crippen molar-refractivity contribution in [2.75, 3.05) is 0 Å². The van der Waals surface area contributed by atoms with Crippen molar-refractivity contribution in [1.29, 1.82) is 0 Å². The maximum Gasteiger partial charge on any atom is 0.328 e. The average Bonchev–Trinajstić information content (AvgIpc) is 3.45. The summed E-state index contributed by atoms with van der Waals surface area (Å²) in [6, 6.07) is 11.1. The number of aryl methyl sites for hydroxylation is 2. The average molecular weight is 438 g/mol. The highest BCUT2D eigenvalue weighted by Crippen LogP contribution is 2.34. The van der Waals surface area contributed by atoms with Gasteiger partial charge in [0.05, 0.1) is 11.9 Å². The van der Waals surface area contributed by atoms with Gasteiger partial charge in [0.25, 0.3) is 5.56 Å². The number of unbranched alkanes of at least 4 members (excludes halogenated alkanes) is 1. The zero-order valence-corrected chi connectivity index (χ0v) is 17.9. The molecule has 0 bridgehead atoms. The largest absolute Gasteiger partial charge is 0.365 e. The van der Waals surface area contributed by atoms with E-state index in [-0.39, 0.29) is 0 Å². The summed E-state index contributed by atoms with van der Waals surface area (Å²) in [5.41, 5.74) is 1.37. The number of rotatable bonds is 8. The number of nitrogens with one attached hydrogen (secondary N) is 1. The molecule has 3 aromatic heterocycles. The number of thiophene rings is 1. The number of benzene rings is 1. The van der Waals surface area contributed by atoms with E-state index in [0.29, 0.717) is 13.0 Å². The molecule has 2 N–H and O–H groups in total. The summed E-state index contributed by atoms with van der Waals surface area (Å²) >= 11 is 1.61. The summed E-state index contributed by atoms with van der Waals surface area (Å²) in [6.07, 6.45) is 5.29. The Labute approximate surface area is 182 Å². The van der Waals surface area contributed by atoms with Gasteiger partial charge >= 0.3 is 5.69 Å². The van der Waals surface area contributed by atoms with Crippen LogP contribution in [-0.2, 0) is 18.7 Å².